The van der Waals surface area contributed by atoms with Gasteiger partial charge in [-0.1, -0.05) is 6.07 Å². The molecule has 0 aliphatic heterocycles. The predicted octanol–water partition coefficient (Wildman–Crippen LogP) is 4.78. The van der Waals surface area contributed by atoms with Crippen LogP contribution in [0.5, 0.6) is 11.5 Å². The number of hydrogen-bond donors (Lipinski definition) is 1. The van der Waals surface area contributed by atoms with Gasteiger partial charge in [-0.25, -0.2) is 4.68 Å². The zero-order valence-corrected chi connectivity index (χ0v) is 18.2. The Kier molecular flexibility index (Phi) is 6.77. The Morgan fingerprint density at radius 1 is 1.00 bits per heavy atom. The summed E-state index contributed by atoms with van der Waals surface area (Å²) in [4.78, 5) is 12.7. The van der Waals surface area contributed by atoms with Crippen LogP contribution in [0, 0.1) is 13.8 Å². The summed E-state index contributed by atoms with van der Waals surface area (Å²) in [5, 5.41) is 7.53. The van der Waals surface area contributed by atoms with E-state index in [-0.39, 0.29) is 11.9 Å². The maximum atomic E-state index is 12.7. The van der Waals surface area contributed by atoms with Crippen LogP contribution in [0.1, 0.15) is 54.1 Å². The maximum Gasteiger partial charge on any atom is 0.251 e. The van der Waals surface area contributed by atoms with E-state index in [0.29, 0.717) is 30.3 Å². The Balaban J connectivity index is 1.72. The molecule has 1 heterocycles. The first kappa shape index (κ1) is 21.4. The van der Waals surface area contributed by atoms with Crippen molar-refractivity contribution in [2.75, 3.05) is 13.2 Å². The molecule has 0 aliphatic rings. The third kappa shape index (κ3) is 4.82. The number of aromatic nitrogens is 2. The van der Waals surface area contributed by atoms with E-state index in [1.54, 1.807) is 0 Å². The zero-order valence-electron chi connectivity index (χ0n) is 18.2. The zero-order chi connectivity index (χ0) is 21.7. The van der Waals surface area contributed by atoms with Crippen LogP contribution in [-0.2, 0) is 0 Å². The SMILES string of the molecule is CCOc1ccc(C(C)NC(=O)c2ccc(-n3nc(C)cc3C)cc2)cc1OCC. The number of rotatable bonds is 8. The van der Waals surface area contributed by atoms with Gasteiger partial charge in [0, 0.05) is 11.3 Å². The summed E-state index contributed by atoms with van der Waals surface area (Å²) in [6, 6.07) is 15.0. The molecule has 0 radical (unpaired) electrons. The molecule has 0 saturated heterocycles. The molecule has 0 bridgehead atoms. The molecule has 1 atom stereocenters. The quantitative estimate of drug-likeness (QED) is 0.584. The average Bonchev–Trinajstić information content (AvgIpc) is 3.07. The van der Waals surface area contributed by atoms with Crippen LogP contribution in [0.2, 0.25) is 0 Å². The van der Waals surface area contributed by atoms with Gasteiger partial charge in [0.2, 0.25) is 0 Å². The molecule has 1 aromatic heterocycles. The maximum absolute atomic E-state index is 12.7. The molecule has 2 aromatic carbocycles. The standard InChI is InChI=1S/C24H29N3O3/c1-6-29-22-13-10-20(15-23(22)30-7-2)18(5)25-24(28)19-8-11-21(12-9-19)27-17(4)14-16(3)26-27/h8-15,18H,6-7H2,1-5H3,(H,25,28). The Bertz CT molecular complexity index is 1010. The second kappa shape index (κ2) is 9.48. The van der Waals surface area contributed by atoms with Gasteiger partial charge in [-0.3, -0.25) is 4.79 Å². The lowest BCUT2D eigenvalue weighted by atomic mass is 10.1. The summed E-state index contributed by atoms with van der Waals surface area (Å²) in [6.45, 7) is 10.9. The van der Waals surface area contributed by atoms with Crippen LogP contribution < -0.4 is 14.8 Å². The molecular formula is C24H29N3O3. The number of hydrogen-bond acceptors (Lipinski definition) is 4. The van der Waals surface area contributed by atoms with E-state index in [1.165, 1.54) is 0 Å². The van der Waals surface area contributed by atoms with Gasteiger partial charge < -0.3 is 14.8 Å². The molecule has 1 N–H and O–H groups in total. The molecule has 3 rings (SSSR count). The summed E-state index contributed by atoms with van der Waals surface area (Å²) >= 11 is 0. The summed E-state index contributed by atoms with van der Waals surface area (Å²) in [5.41, 5.74) is 4.50. The summed E-state index contributed by atoms with van der Waals surface area (Å²) in [5.74, 6) is 1.27. The third-order valence-electron chi connectivity index (χ3n) is 4.80. The van der Waals surface area contributed by atoms with Gasteiger partial charge in [0.05, 0.1) is 30.6 Å². The fraction of sp³-hybridized carbons (Fsp3) is 0.333. The summed E-state index contributed by atoms with van der Waals surface area (Å²) in [6.07, 6.45) is 0. The van der Waals surface area contributed by atoms with E-state index in [9.17, 15) is 4.79 Å². The monoisotopic (exact) mass is 407 g/mol. The molecule has 30 heavy (non-hydrogen) atoms. The van der Waals surface area contributed by atoms with Crippen LogP contribution in [0.25, 0.3) is 5.69 Å². The van der Waals surface area contributed by atoms with E-state index in [0.717, 1.165) is 22.6 Å². The number of aryl methyl sites for hydroxylation is 2. The van der Waals surface area contributed by atoms with Crippen molar-refractivity contribution < 1.29 is 14.3 Å². The minimum Gasteiger partial charge on any atom is -0.490 e. The van der Waals surface area contributed by atoms with Crippen molar-refractivity contribution in [2.24, 2.45) is 0 Å². The molecule has 1 amide bonds. The number of nitrogens with one attached hydrogen (secondary N) is 1. The lowest BCUT2D eigenvalue weighted by Gasteiger charge is -2.17. The first-order chi connectivity index (χ1) is 14.4. The van der Waals surface area contributed by atoms with Gasteiger partial charge in [-0.15, -0.1) is 0 Å². The molecule has 0 saturated carbocycles. The Labute approximate surface area is 177 Å². The van der Waals surface area contributed by atoms with E-state index in [2.05, 4.69) is 10.4 Å². The largest absolute Gasteiger partial charge is 0.490 e. The fourth-order valence-corrected chi connectivity index (χ4v) is 3.34. The number of nitrogens with zero attached hydrogens (tertiary/aromatic N) is 2. The minimum absolute atomic E-state index is 0.130. The van der Waals surface area contributed by atoms with Crippen molar-refractivity contribution in [3.63, 3.8) is 0 Å². The van der Waals surface area contributed by atoms with Crippen LogP contribution >= 0.6 is 0 Å². The highest BCUT2D eigenvalue weighted by molar-refractivity contribution is 5.94. The lowest BCUT2D eigenvalue weighted by Crippen LogP contribution is -2.26. The van der Waals surface area contributed by atoms with Crippen molar-refractivity contribution in [2.45, 2.75) is 40.7 Å². The Morgan fingerprint density at radius 2 is 1.67 bits per heavy atom. The normalized spacial score (nSPS) is 11.8. The van der Waals surface area contributed by atoms with Gasteiger partial charge in [-0.05, 0) is 82.6 Å². The molecule has 0 fully saturated rings. The first-order valence-corrected chi connectivity index (χ1v) is 10.3. The topological polar surface area (TPSA) is 65.4 Å². The molecule has 0 aliphatic carbocycles. The highest BCUT2D eigenvalue weighted by Gasteiger charge is 2.15. The highest BCUT2D eigenvalue weighted by Crippen LogP contribution is 2.30. The minimum atomic E-state index is -0.178. The summed E-state index contributed by atoms with van der Waals surface area (Å²) < 4.78 is 13.2. The van der Waals surface area contributed by atoms with Crippen LogP contribution in [0.4, 0.5) is 0 Å². The number of carbonyl (C=O) groups excluding carboxylic acids is 1. The van der Waals surface area contributed by atoms with Crippen molar-refractivity contribution in [3.05, 3.63) is 71.0 Å². The van der Waals surface area contributed by atoms with Crippen molar-refractivity contribution in [1.29, 1.82) is 0 Å². The molecule has 0 spiro atoms. The highest BCUT2D eigenvalue weighted by atomic mass is 16.5. The molecule has 6 nitrogen and oxygen atoms in total. The predicted molar refractivity (Wildman–Crippen MR) is 118 cm³/mol. The third-order valence-corrected chi connectivity index (χ3v) is 4.80. The van der Waals surface area contributed by atoms with E-state index in [1.807, 2.05) is 87.8 Å². The molecule has 3 aromatic rings. The fourth-order valence-electron chi connectivity index (χ4n) is 3.34. The smallest absolute Gasteiger partial charge is 0.251 e. The number of amides is 1. The van der Waals surface area contributed by atoms with E-state index < -0.39 is 0 Å². The van der Waals surface area contributed by atoms with Gasteiger partial charge in [0.1, 0.15) is 0 Å². The van der Waals surface area contributed by atoms with Crippen LogP contribution in [-0.4, -0.2) is 28.9 Å². The molecule has 1 unspecified atom stereocenters. The number of carbonyl (C=O) groups is 1. The van der Waals surface area contributed by atoms with Gasteiger partial charge in [-0.2, -0.15) is 5.10 Å². The Morgan fingerprint density at radius 3 is 2.27 bits per heavy atom. The molecule has 158 valence electrons. The van der Waals surface area contributed by atoms with E-state index in [4.69, 9.17) is 9.47 Å². The number of ether oxygens (including phenoxy) is 2. The average molecular weight is 408 g/mol. The lowest BCUT2D eigenvalue weighted by molar-refractivity contribution is 0.0940. The van der Waals surface area contributed by atoms with Gasteiger partial charge in [0.25, 0.3) is 5.91 Å². The van der Waals surface area contributed by atoms with Crippen LogP contribution in [0.15, 0.2) is 48.5 Å². The van der Waals surface area contributed by atoms with Crippen molar-refractivity contribution >= 4 is 5.91 Å². The van der Waals surface area contributed by atoms with Crippen molar-refractivity contribution in [1.82, 2.24) is 15.1 Å². The second-order valence-electron chi connectivity index (χ2n) is 7.15. The summed E-state index contributed by atoms with van der Waals surface area (Å²) in [7, 11) is 0. The first-order valence-electron chi connectivity index (χ1n) is 10.3. The van der Waals surface area contributed by atoms with Gasteiger partial charge in [0.15, 0.2) is 11.5 Å². The van der Waals surface area contributed by atoms with Crippen molar-refractivity contribution in [3.8, 4) is 17.2 Å². The van der Waals surface area contributed by atoms with Crippen LogP contribution in [0.3, 0.4) is 0 Å². The Hall–Kier alpha value is -3.28. The molecular weight excluding hydrogens is 378 g/mol. The van der Waals surface area contributed by atoms with E-state index >= 15 is 0 Å². The number of benzene rings is 2. The molecule has 6 heteroatoms. The van der Waals surface area contributed by atoms with Gasteiger partial charge >= 0.3 is 0 Å². The second-order valence-corrected chi connectivity index (χ2v) is 7.15.